The lowest BCUT2D eigenvalue weighted by Crippen LogP contribution is -2.29. The molecule has 0 aliphatic carbocycles. The Morgan fingerprint density at radius 1 is 1.16 bits per heavy atom. The van der Waals surface area contributed by atoms with Gasteiger partial charge in [0.1, 0.15) is 5.82 Å². The Hall–Kier alpha value is -1.01. The van der Waals surface area contributed by atoms with Crippen molar-refractivity contribution in [1.82, 2.24) is 5.32 Å². The van der Waals surface area contributed by atoms with Crippen molar-refractivity contribution in [2.75, 3.05) is 32.9 Å². The van der Waals surface area contributed by atoms with Crippen molar-refractivity contribution >= 4 is 0 Å². The number of hydrogen-bond donors (Lipinski definition) is 2. The van der Waals surface area contributed by atoms with Gasteiger partial charge in [0.25, 0.3) is 0 Å². The quantitative estimate of drug-likeness (QED) is 0.734. The molecule has 1 aliphatic heterocycles. The van der Waals surface area contributed by atoms with Gasteiger partial charge in [0.2, 0.25) is 0 Å². The average Bonchev–Trinajstić information content (AvgIpc) is 2.89. The standard InChI is InChI=1S/C14H20FNO3/c15-13-4-2-12(3-5-13)14(18-10-11-19-14)6-1-7-16-8-9-17/h2-5,16-17H,1,6-11H2. The molecule has 1 aliphatic rings. The van der Waals surface area contributed by atoms with Crippen LogP contribution in [-0.4, -0.2) is 38.0 Å². The van der Waals surface area contributed by atoms with Crippen LogP contribution < -0.4 is 5.32 Å². The van der Waals surface area contributed by atoms with Gasteiger partial charge in [-0.3, -0.25) is 0 Å². The Balaban J connectivity index is 1.95. The summed E-state index contributed by atoms with van der Waals surface area (Å²) in [5, 5.41) is 11.8. The number of halogens is 1. The fraction of sp³-hybridized carbons (Fsp3) is 0.571. The molecular weight excluding hydrogens is 249 g/mol. The van der Waals surface area contributed by atoms with Gasteiger partial charge in [-0.2, -0.15) is 0 Å². The van der Waals surface area contributed by atoms with Crippen molar-refractivity contribution in [2.24, 2.45) is 0 Å². The summed E-state index contributed by atoms with van der Waals surface area (Å²) in [5.74, 6) is -1.00. The van der Waals surface area contributed by atoms with Crippen molar-refractivity contribution in [1.29, 1.82) is 0 Å². The lowest BCUT2D eigenvalue weighted by Gasteiger charge is -2.28. The van der Waals surface area contributed by atoms with Gasteiger partial charge in [0, 0.05) is 18.5 Å². The van der Waals surface area contributed by atoms with E-state index < -0.39 is 5.79 Å². The summed E-state index contributed by atoms with van der Waals surface area (Å²) in [6.45, 7) is 2.63. The third kappa shape index (κ3) is 3.73. The maximum atomic E-state index is 13.0. The van der Waals surface area contributed by atoms with Crippen LogP contribution in [-0.2, 0) is 15.3 Å². The van der Waals surface area contributed by atoms with Crippen LogP contribution in [0.25, 0.3) is 0 Å². The number of aliphatic hydroxyl groups excluding tert-OH is 1. The number of hydrogen-bond acceptors (Lipinski definition) is 4. The highest BCUT2D eigenvalue weighted by Crippen LogP contribution is 2.35. The molecule has 1 heterocycles. The van der Waals surface area contributed by atoms with Gasteiger partial charge in [0.15, 0.2) is 5.79 Å². The van der Waals surface area contributed by atoms with Crippen molar-refractivity contribution in [3.05, 3.63) is 35.6 Å². The normalized spacial score (nSPS) is 17.8. The fourth-order valence-electron chi connectivity index (χ4n) is 2.26. The molecule has 0 aromatic heterocycles. The molecule has 1 aromatic carbocycles. The van der Waals surface area contributed by atoms with E-state index in [-0.39, 0.29) is 12.4 Å². The first-order valence-corrected chi connectivity index (χ1v) is 6.62. The van der Waals surface area contributed by atoms with Crippen LogP contribution in [0, 0.1) is 5.82 Å². The van der Waals surface area contributed by atoms with Gasteiger partial charge < -0.3 is 19.9 Å². The highest BCUT2D eigenvalue weighted by molar-refractivity contribution is 5.21. The highest BCUT2D eigenvalue weighted by Gasteiger charge is 2.37. The van der Waals surface area contributed by atoms with E-state index in [0.717, 1.165) is 18.5 Å². The van der Waals surface area contributed by atoms with Crippen LogP contribution in [0.2, 0.25) is 0 Å². The Labute approximate surface area is 112 Å². The number of benzene rings is 1. The van der Waals surface area contributed by atoms with Crippen molar-refractivity contribution in [3.63, 3.8) is 0 Å². The van der Waals surface area contributed by atoms with E-state index >= 15 is 0 Å². The SMILES string of the molecule is OCCNCCCC1(c2ccc(F)cc2)OCCO1. The molecule has 2 rings (SSSR count). The number of rotatable bonds is 7. The second-order valence-corrected chi connectivity index (χ2v) is 4.53. The van der Waals surface area contributed by atoms with E-state index in [2.05, 4.69) is 5.32 Å². The molecule has 1 saturated heterocycles. The molecular formula is C14H20FNO3. The van der Waals surface area contributed by atoms with Crippen LogP contribution >= 0.6 is 0 Å². The van der Waals surface area contributed by atoms with E-state index in [1.54, 1.807) is 12.1 Å². The molecule has 106 valence electrons. The molecule has 19 heavy (non-hydrogen) atoms. The molecule has 0 spiro atoms. The van der Waals surface area contributed by atoms with Gasteiger partial charge in [-0.25, -0.2) is 4.39 Å². The van der Waals surface area contributed by atoms with Crippen LogP contribution in [0.4, 0.5) is 4.39 Å². The monoisotopic (exact) mass is 269 g/mol. The summed E-state index contributed by atoms with van der Waals surface area (Å²) >= 11 is 0. The van der Waals surface area contributed by atoms with Gasteiger partial charge >= 0.3 is 0 Å². The van der Waals surface area contributed by atoms with Crippen molar-refractivity contribution in [2.45, 2.75) is 18.6 Å². The van der Waals surface area contributed by atoms with Gasteiger partial charge in [-0.15, -0.1) is 0 Å². The molecule has 0 atom stereocenters. The number of aliphatic hydroxyl groups is 1. The summed E-state index contributed by atoms with van der Waals surface area (Å²) in [6.07, 6.45) is 1.56. The maximum Gasteiger partial charge on any atom is 0.195 e. The Morgan fingerprint density at radius 3 is 2.47 bits per heavy atom. The predicted molar refractivity (Wildman–Crippen MR) is 69.2 cm³/mol. The Kier molecular flexibility index (Phi) is 5.27. The van der Waals surface area contributed by atoms with Gasteiger partial charge in [-0.05, 0) is 25.1 Å². The molecule has 1 aromatic rings. The van der Waals surface area contributed by atoms with Gasteiger partial charge in [0.05, 0.1) is 19.8 Å². The Bertz CT molecular complexity index is 377. The minimum absolute atomic E-state index is 0.135. The predicted octanol–water partition coefficient (Wildman–Crippen LogP) is 1.39. The summed E-state index contributed by atoms with van der Waals surface area (Å²) < 4.78 is 24.5. The average molecular weight is 269 g/mol. The molecule has 0 unspecified atom stereocenters. The minimum Gasteiger partial charge on any atom is -0.395 e. The number of nitrogens with one attached hydrogen (secondary N) is 1. The minimum atomic E-state index is -0.741. The zero-order chi connectivity index (χ0) is 13.6. The zero-order valence-corrected chi connectivity index (χ0v) is 10.9. The number of ether oxygens (including phenoxy) is 2. The second kappa shape index (κ2) is 6.96. The lowest BCUT2D eigenvalue weighted by molar-refractivity contribution is -0.171. The topological polar surface area (TPSA) is 50.7 Å². The van der Waals surface area contributed by atoms with Gasteiger partial charge in [-0.1, -0.05) is 12.1 Å². The molecule has 0 amide bonds. The summed E-state index contributed by atoms with van der Waals surface area (Å²) in [7, 11) is 0. The molecule has 0 radical (unpaired) electrons. The second-order valence-electron chi connectivity index (χ2n) is 4.53. The van der Waals surface area contributed by atoms with Crippen LogP contribution in [0.3, 0.4) is 0 Å². The lowest BCUT2D eigenvalue weighted by atomic mass is 10.0. The Morgan fingerprint density at radius 2 is 1.84 bits per heavy atom. The summed E-state index contributed by atoms with van der Waals surface area (Å²) in [5.41, 5.74) is 0.855. The first kappa shape index (κ1) is 14.4. The van der Waals surface area contributed by atoms with E-state index in [4.69, 9.17) is 14.6 Å². The smallest absolute Gasteiger partial charge is 0.195 e. The van der Waals surface area contributed by atoms with Crippen LogP contribution in [0.5, 0.6) is 0 Å². The molecule has 1 fully saturated rings. The van der Waals surface area contributed by atoms with E-state index in [0.29, 0.717) is 26.2 Å². The summed E-state index contributed by atoms with van der Waals surface area (Å²) in [6, 6.07) is 6.27. The van der Waals surface area contributed by atoms with Crippen LogP contribution in [0.1, 0.15) is 18.4 Å². The first-order chi connectivity index (χ1) is 9.27. The molecule has 0 bridgehead atoms. The molecule has 5 heteroatoms. The zero-order valence-electron chi connectivity index (χ0n) is 10.9. The fourth-order valence-corrected chi connectivity index (χ4v) is 2.26. The molecule has 2 N–H and O–H groups in total. The first-order valence-electron chi connectivity index (χ1n) is 6.62. The highest BCUT2D eigenvalue weighted by atomic mass is 19.1. The van der Waals surface area contributed by atoms with Crippen molar-refractivity contribution in [3.8, 4) is 0 Å². The largest absolute Gasteiger partial charge is 0.395 e. The third-order valence-corrected chi connectivity index (χ3v) is 3.19. The molecule has 0 saturated carbocycles. The maximum absolute atomic E-state index is 13.0. The van der Waals surface area contributed by atoms with E-state index in [1.165, 1.54) is 12.1 Å². The molecule has 4 nitrogen and oxygen atoms in total. The van der Waals surface area contributed by atoms with E-state index in [1.807, 2.05) is 0 Å². The van der Waals surface area contributed by atoms with E-state index in [9.17, 15) is 4.39 Å². The van der Waals surface area contributed by atoms with Crippen LogP contribution in [0.15, 0.2) is 24.3 Å². The third-order valence-electron chi connectivity index (χ3n) is 3.19. The van der Waals surface area contributed by atoms with Crippen molar-refractivity contribution < 1.29 is 19.0 Å². The summed E-state index contributed by atoms with van der Waals surface area (Å²) in [4.78, 5) is 0.